The van der Waals surface area contributed by atoms with Crippen molar-refractivity contribution in [3.63, 3.8) is 0 Å². The molecule has 188 valence electrons. The molecule has 0 atom stereocenters. The Hall–Kier alpha value is -2.94. The van der Waals surface area contributed by atoms with E-state index >= 15 is 0 Å². The van der Waals surface area contributed by atoms with Crippen molar-refractivity contribution in [2.45, 2.75) is 53.2 Å². The van der Waals surface area contributed by atoms with E-state index in [-0.39, 0.29) is 5.03 Å². The summed E-state index contributed by atoms with van der Waals surface area (Å²) in [7, 11) is 3.55. The fourth-order valence-corrected chi connectivity index (χ4v) is 3.55. The molecule has 0 N–H and O–H groups in total. The number of nitriles is 1. The average molecular weight is 517 g/mol. The molecule has 0 unspecified atom stereocenters. The molecule has 2 aromatic rings. The van der Waals surface area contributed by atoms with Crippen LogP contribution in [0, 0.1) is 11.5 Å². The Morgan fingerprint density at radius 1 is 1.17 bits per heavy atom. The molecule has 0 radical (unpaired) electrons. The highest BCUT2D eigenvalue weighted by Crippen LogP contribution is 2.26. The Balaban J connectivity index is 0.000000379. The number of carbonyl (C=O) groups is 1. The van der Waals surface area contributed by atoms with E-state index in [2.05, 4.69) is 17.9 Å². The highest BCUT2D eigenvalue weighted by Gasteiger charge is 2.06. The molecule has 0 saturated heterocycles. The minimum atomic E-state index is 0.218. The minimum Gasteiger partial charge on any atom is -0.495 e. The zero-order chi connectivity index (χ0) is 26.2. The number of halogens is 2. The van der Waals surface area contributed by atoms with Crippen molar-refractivity contribution in [1.82, 2.24) is 4.90 Å². The number of rotatable bonds is 11. The lowest BCUT2D eigenvalue weighted by atomic mass is 10.0. The molecule has 0 amide bonds. The van der Waals surface area contributed by atoms with Crippen molar-refractivity contribution >= 4 is 29.5 Å². The van der Waals surface area contributed by atoms with E-state index in [1.165, 1.54) is 18.4 Å². The normalized spacial score (nSPS) is 11.4. The van der Waals surface area contributed by atoms with Crippen LogP contribution in [0.3, 0.4) is 0 Å². The molecule has 0 aliphatic heterocycles. The van der Waals surface area contributed by atoms with E-state index in [0.29, 0.717) is 30.2 Å². The number of nitrogens with zero attached hydrogens (tertiary/aromatic N) is 2. The maximum absolute atomic E-state index is 10.6. The molecule has 2 rings (SSSR count). The van der Waals surface area contributed by atoms with Crippen LogP contribution in [-0.2, 0) is 29.1 Å². The lowest BCUT2D eigenvalue weighted by molar-refractivity contribution is -0.104. The van der Waals surface area contributed by atoms with Crippen molar-refractivity contribution in [3.05, 3.63) is 86.6 Å². The molecule has 0 aromatic heterocycles. The highest BCUT2D eigenvalue weighted by molar-refractivity contribution is 6.39. The number of hydrogen-bond donors (Lipinski definition) is 0. The van der Waals surface area contributed by atoms with Gasteiger partial charge >= 0.3 is 0 Å². The van der Waals surface area contributed by atoms with Crippen molar-refractivity contribution in [2.24, 2.45) is 0 Å². The fraction of sp³-hybridized carbons (Fsp3) is 0.357. The van der Waals surface area contributed by atoms with Gasteiger partial charge in [0.25, 0.3) is 6.26 Å². The SMILES string of the molecule is CCCCc1ccccc1COC#N.COc1ccc(CN(C)/C(C)=C\C(C)=C(\Cl)C=O)cc1Cl. The van der Waals surface area contributed by atoms with Gasteiger partial charge in [-0.2, -0.15) is 5.26 Å². The van der Waals surface area contributed by atoms with E-state index in [0.717, 1.165) is 28.8 Å². The summed E-state index contributed by atoms with van der Waals surface area (Å²) in [6.07, 6.45) is 7.66. The van der Waals surface area contributed by atoms with Gasteiger partial charge in [-0.1, -0.05) is 66.9 Å². The first-order valence-electron chi connectivity index (χ1n) is 11.4. The molecular formula is C28H34Cl2N2O3. The first kappa shape index (κ1) is 30.1. The molecule has 0 aliphatic rings. The van der Waals surface area contributed by atoms with Crippen LogP contribution >= 0.6 is 23.2 Å². The number of methoxy groups -OCH3 is 1. The van der Waals surface area contributed by atoms with Crippen LogP contribution in [0.15, 0.2) is 64.8 Å². The van der Waals surface area contributed by atoms with E-state index < -0.39 is 0 Å². The summed E-state index contributed by atoms with van der Waals surface area (Å²) in [6.45, 7) is 7.03. The van der Waals surface area contributed by atoms with Crippen LogP contribution < -0.4 is 4.74 Å². The van der Waals surface area contributed by atoms with Gasteiger partial charge in [0.05, 0.1) is 17.2 Å². The van der Waals surface area contributed by atoms with Crippen molar-refractivity contribution in [3.8, 4) is 12.0 Å². The third-order valence-electron chi connectivity index (χ3n) is 5.35. The number of benzene rings is 2. The van der Waals surface area contributed by atoms with Gasteiger partial charge in [0.15, 0.2) is 6.29 Å². The summed E-state index contributed by atoms with van der Waals surface area (Å²) in [6, 6.07) is 13.8. The largest absolute Gasteiger partial charge is 0.495 e. The standard InChI is InChI=1S/C16H19Cl2NO2.C12H15NO/c1-11(15(18)10-20)7-12(2)19(3)9-13-5-6-16(21-4)14(17)8-13;1-2-3-6-11-7-4-5-8-12(11)9-14-10-13/h5-8,10H,9H2,1-4H3;4-5,7-8H,2-3,6,9H2,1H3/b12-7-,15-11+;. The molecular weight excluding hydrogens is 483 g/mol. The van der Waals surface area contributed by atoms with Gasteiger partial charge in [0, 0.05) is 19.3 Å². The highest BCUT2D eigenvalue weighted by atomic mass is 35.5. The Kier molecular flexibility index (Phi) is 14.3. The average Bonchev–Trinajstić information content (AvgIpc) is 2.86. The third kappa shape index (κ3) is 10.9. The molecule has 0 fully saturated rings. The van der Waals surface area contributed by atoms with Gasteiger partial charge in [-0.15, -0.1) is 0 Å². The number of carbonyl (C=O) groups excluding carboxylic acids is 1. The summed E-state index contributed by atoms with van der Waals surface area (Å²) in [4.78, 5) is 12.7. The molecule has 0 spiro atoms. The molecule has 5 nitrogen and oxygen atoms in total. The molecule has 2 aromatic carbocycles. The zero-order valence-corrected chi connectivity index (χ0v) is 22.6. The molecule has 7 heteroatoms. The zero-order valence-electron chi connectivity index (χ0n) is 21.1. The van der Waals surface area contributed by atoms with Crippen LogP contribution in [0.25, 0.3) is 0 Å². The van der Waals surface area contributed by atoms with E-state index in [1.807, 2.05) is 56.4 Å². The van der Waals surface area contributed by atoms with E-state index in [9.17, 15) is 4.79 Å². The Bertz CT molecular complexity index is 1060. The Morgan fingerprint density at radius 2 is 1.86 bits per heavy atom. The molecule has 0 aliphatic carbocycles. The Morgan fingerprint density at radius 3 is 2.43 bits per heavy atom. The predicted octanol–water partition coefficient (Wildman–Crippen LogP) is 7.42. The number of allylic oxidation sites excluding steroid dienone is 4. The van der Waals surface area contributed by atoms with Gasteiger partial charge in [0.1, 0.15) is 12.4 Å². The van der Waals surface area contributed by atoms with Gasteiger partial charge in [0.2, 0.25) is 0 Å². The molecule has 0 heterocycles. The van der Waals surface area contributed by atoms with Crippen LogP contribution in [0.5, 0.6) is 5.75 Å². The third-order valence-corrected chi connectivity index (χ3v) is 6.04. The summed E-state index contributed by atoms with van der Waals surface area (Å²) < 4.78 is 9.88. The number of hydrogen-bond acceptors (Lipinski definition) is 5. The predicted molar refractivity (Wildman–Crippen MR) is 143 cm³/mol. The quantitative estimate of drug-likeness (QED) is 0.134. The first-order chi connectivity index (χ1) is 16.8. The van der Waals surface area contributed by atoms with Gasteiger partial charge in [-0.05, 0) is 67.2 Å². The summed E-state index contributed by atoms with van der Waals surface area (Å²) in [5, 5.41) is 9.13. The molecule has 0 bridgehead atoms. The maximum Gasteiger partial charge on any atom is 0.286 e. The van der Waals surface area contributed by atoms with Crippen molar-refractivity contribution in [2.75, 3.05) is 14.2 Å². The summed E-state index contributed by atoms with van der Waals surface area (Å²) in [5.74, 6) is 0.659. The minimum absolute atomic E-state index is 0.218. The van der Waals surface area contributed by atoms with E-state index in [4.69, 9.17) is 37.9 Å². The maximum atomic E-state index is 10.6. The number of unbranched alkanes of at least 4 members (excludes halogenated alkanes) is 1. The van der Waals surface area contributed by atoms with Crippen LogP contribution in [0.4, 0.5) is 0 Å². The summed E-state index contributed by atoms with van der Waals surface area (Å²) >= 11 is 11.9. The van der Waals surface area contributed by atoms with Crippen LogP contribution in [-0.4, -0.2) is 25.3 Å². The number of ether oxygens (including phenoxy) is 2. The van der Waals surface area contributed by atoms with Gasteiger partial charge in [-0.3, -0.25) is 4.79 Å². The summed E-state index contributed by atoms with van der Waals surface area (Å²) in [5.41, 5.74) is 5.23. The molecule has 35 heavy (non-hydrogen) atoms. The lowest BCUT2D eigenvalue weighted by Crippen LogP contribution is -2.15. The molecule has 0 saturated carbocycles. The van der Waals surface area contributed by atoms with Crippen LogP contribution in [0.1, 0.15) is 50.3 Å². The van der Waals surface area contributed by atoms with E-state index in [1.54, 1.807) is 20.3 Å². The second-order valence-corrected chi connectivity index (χ2v) is 8.83. The Labute approximate surface area is 219 Å². The van der Waals surface area contributed by atoms with Gasteiger partial charge in [-0.25, -0.2) is 0 Å². The van der Waals surface area contributed by atoms with Crippen molar-refractivity contribution < 1.29 is 14.3 Å². The lowest BCUT2D eigenvalue weighted by Gasteiger charge is -2.20. The van der Waals surface area contributed by atoms with Crippen molar-refractivity contribution in [1.29, 1.82) is 5.26 Å². The smallest absolute Gasteiger partial charge is 0.286 e. The monoisotopic (exact) mass is 516 g/mol. The second kappa shape index (κ2) is 16.6. The first-order valence-corrected chi connectivity index (χ1v) is 12.1. The fourth-order valence-electron chi connectivity index (χ4n) is 3.21. The van der Waals surface area contributed by atoms with Gasteiger partial charge < -0.3 is 14.4 Å². The number of aryl methyl sites for hydroxylation is 1. The van der Waals surface area contributed by atoms with Crippen LogP contribution in [0.2, 0.25) is 5.02 Å². The number of aldehydes is 1. The topological polar surface area (TPSA) is 62.6 Å². The second-order valence-electron chi connectivity index (χ2n) is 8.01.